The number of nitrogens with zero attached hydrogens (tertiary/aromatic N) is 3. The Kier molecular flexibility index (Phi) is 3.94. The lowest BCUT2D eigenvalue weighted by Crippen LogP contribution is -2.14. The van der Waals surface area contributed by atoms with Gasteiger partial charge in [-0.1, -0.05) is 12.2 Å². The minimum Gasteiger partial charge on any atom is -0.392 e. The van der Waals surface area contributed by atoms with Gasteiger partial charge in [-0.3, -0.25) is 10.1 Å². The Morgan fingerprint density at radius 3 is 2.76 bits per heavy atom. The third-order valence-corrected chi connectivity index (χ3v) is 2.90. The van der Waals surface area contributed by atoms with Crippen LogP contribution in [0.25, 0.3) is 0 Å². The smallest absolute Gasteiger partial charge is 0.266 e. The van der Waals surface area contributed by atoms with Gasteiger partial charge in [-0.2, -0.15) is 4.98 Å². The molecule has 0 aromatic carbocycles. The Morgan fingerprint density at radius 2 is 2.14 bits per heavy atom. The number of rotatable bonds is 3. The van der Waals surface area contributed by atoms with Crippen LogP contribution in [0.4, 0.5) is 16.2 Å². The Balaban J connectivity index is 2.59. The number of halogens is 1. The first kappa shape index (κ1) is 14.6. The molecule has 8 nitrogen and oxygen atoms in total. The number of hydrogen-bond acceptors (Lipinski definition) is 7. The van der Waals surface area contributed by atoms with E-state index >= 15 is 0 Å². The summed E-state index contributed by atoms with van der Waals surface area (Å²) >= 11 is 0. The summed E-state index contributed by atoms with van der Waals surface area (Å²) < 4.78 is 14.1. The van der Waals surface area contributed by atoms with E-state index in [-0.39, 0.29) is 23.9 Å². The zero-order valence-electron chi connectivity index (χ0n) is 10.7. The SMILES string of the molecule is Nc1nc(N)c(F)c(C2C=C([N+](=O)[O-])C=CC2=CCO)n1. The van der Waals surface area contributed by atoms with E-state index in [2.05, 4.69) is 9.97 Å². The van der Waals surface area contributed by atoms with E-state index in [1.54, 1.807) is 0 Å². The number of aliphatic hydroxyl groups is 1. The highest BCUT2D eigenvalue weighted by Gasteiger charge is 2.27. The number of nitro groups is 1. The lowest BCUT2D eigenvalue weighted by atomic mass is 9.89. The molecule has 0 fully saturated rings. The molecule has 1 aromatic rings. The van der Waals surface area contributed by atoms with Gasteiger partial charge in [-0.15, -0.1) is 0 Å². The zero-order chi connectivity index (χ0) is 15.6. The van der Waals surface area contributed by atoms with E-state index < -0.39 is 22.5 Å². The van der Waals surface area contributed by atoms with E-state index in [0.29, 0.717) is 5.57 Å². The first-order valence-corrected chi connectivity index (χ1v) is 5.87. The monoisotopic (exact) mass is 293 g/mol. The molecule has 0 spiro atoms. The molecular formula is C12H12FN5O3. The number of allylic oxidation sites excluding steroid dienone is 4. The second-order valence-corrected chi connectivity index (χ2v) is 4.21. The van der Waals surface area contributed by atoms with Crippen molar-refractivity contribution in [1.29, 1.82) is 0 Å². The highest BCUT2D eigenvalue weighted by Crippen LogP contribution is 2.33. The van der Waals surface area contributed by atoms with E-state index in [1.165, 1.54) is 24.3 Å². The van der Waals surface area contributed by atoms with Crippen LogP contribution in [-0.4, -0.2) is 26.6 Å². The Labute approximate surface area is 118 Å². The summed E-state index contributed by atoms with van der Waals surface area (Å²) in [5, 5.41) is 19.9. The lowest BCUT2D eigenvalue weighted by molar-refractivity contribution is -0.419. The van der Waals surface area contributed by atoms with Crippen molar-refractivity contribution in [3.8, 4) is 0 Å². The largest absolute Gasteiger partial charge is 0.392 e. The number of nitrogen functional groups attached to an aromatic ring is 2. The van der Waals surface area contributed by atoms with Gasteiger partial charge in [0.05, 0.1) is 23.1 Å². The van der Waals surface area contributed by atoms with Crippen molar-refractivity contribution < 1.29 is 14.4 Å². The summed E-state index contributed by atoms with van der Waals surface area (Å²) in [4.78, 5) is 17.5. The summed E-state index contributed by atoms with van der Waals surface area (Å²) in [6, 6.07) is 0. The van der Waals surface area contributed by atoms with Gasteiger partial charge in [-0.25, -0.2) is 9.37 Å². The topological polar surface area (TPSA) is 141 Å². The number of hydrogen-bond donors (Lipinski definition) is 3. The van der Waals surface area contributed by atoms with Crippen molar-refractivity contribution in [1.82, 2.24) is 9.97 Å². The predicted octanol–water partition coefficient (Wildman–Crippen LogP) is 0.513. The maximum atomic E-state index is 14.1. The Morgan fingerprint density at radius 1 is 1.43 bits per heavy atom. The molecule has 2 rings (SSSR count). The highest BCUT2D eigenvalue weighted by atomic mass is 19.1. The molecule has 0 saturated heterocycles. The first-order chi connectivity index (χ1) is 9.93. The van der Waals surface area contributed by atoms with Gasteiger partial charge in [0.1, 0.15) is 0 Å². The molecule has 1 aliphatic rings. The van der Waals surface area contributed by atoms with Crippen molar-refractivity contribution in [3.63, 3.8) is 0 Å². The number of aliphatic hydroxyl groups excluding tert-OH is 1. The molecule has 1 unspecified atom stereocenters. The average molecular weight is 293 g/mol. The second-order valence-electron chi connectivity index (χ2n) is 4.21. The minimum absolute atomic E-state index is 0.177. The van der Waals surface area contributed by atoms with Crippen LogP contribution >= 0.6 is 0 Å². The molecule has 5 N–H and O–H groups in total. The average Bonchev–Trinajstić information content (AvgIpc) is 2.43. The van der Waals surface area contributed by atoms with Crippen molar-refractivity contribution in [2.24, 2.45) is 0 Å². The first-order valence-electron chi connectivity index (χ1n) is 5.87. The van der Waals surface area contributed by atoms with Crippen LogP contribution < -0.4 is 11.5 Å². The van der Waals surface area contributed by atoms with Gasteiger partial charge in [0.25, 0.3) is 5.70 Å². The molecule has 1 aromatic heterocycles. The summed E-state index contributed by atoms with van der Waals surface area (Å²) in [6.45, 7) is -0.310. The number of aromatic nitrogens is 2. The van der Waals surface area contributed by atoms with Gasteiger partial charge in [-0.05, 0) is 5.57 Å². The molecule has 1 aliphatic carbocycles. The van der Waals surface area contributed by atoms with Crippen LogP contribution in [0, 0.1) is 15.9 Å². The molecule has 21 heavy (non-hydrogen) atoms. The normalized spacial score (nSPS) is 19.6. The Bertz CT molecular complexity index is 684. The Hall–Kier alpha value is -2.81. The van der Waals surface area contributed by atoms with Gasteiger partial charge in [0.15, 0.2) is 11.6 Å². The third kappa shape index (κ3) is 2.87. The summed E-state index contributed by atoms with van der Waals surface area (Å²) in [6.07, 6.45) is 5.27. The third-order valence-electron chi connectivity index (χ3n) is 2.90. The van der Waals surface area contributed by atoms with Crippen LogP contribution in [0.3, 0.4) is 0 Å². The maximum Gasteiger partial charge on any atom is 0.266 e. The van der Waals surface area contributed by atoms with E-state index in [1.807, 2.05) is 0 Å². The van der Waals surface area contributed by atoms with E-state index in [9.17, 15) is 14.5 Å². The van der Waals surface area contributed by atoms with Crippen LogP contribution in [0.15, 0.2) is 35.6 Å². The van der Waals surface area contributed by atoms with E-state index in [4.69, 9.17) is 16.6 Å². The van der Waals surface area contributed by atoms with Crippen LogP contribution in [0.1, 0.15) is 11.6 Å². The van der Waals surface area contributed by atoms with Gasteiger partial charge in [0.2, 0.25) is 5.95 Å². The summed E-state index contributed by atoms with van der Waals surface area (Å²) in [5.41, 5.74) is 10.9. The summed E-state index contributed by atoms with van der Waals surface area (Å²) in [5.74, 6) is -2.45. The molecule has 9 heteroatoms. The summed E-state index contributed by atoms with van der Waals surface area (Å²) in [7, 11) is 0. The van der Waals surface area contributed by atoms with Gasteiger partial charge >= 0.3 is 0 Å². The molecule has 0 bridgehead atoms. The minimum atomic E-state index is -0.896. The molecule has 0 amide bonds. The zero-order valence-corrected chi connectivity index (χ0v) is 10.7. The van der Waals surface area contributed by atoms with E-state index in [0.717, 1.165) is 0 Å². The fourth-order valence-electron chi connectivity index (χ4n) is 1.97. The quantitative estimate of drug-likeness (QED) is 0.544. The molecule has 0 radical (unpaired) electrons. The fraction of sp³-hybridized carbons (Fsp3) is 0.167. The van der Waals surface area contributed by atoms with Crippen molar-refractivity contribution in [2.75, 3.05) is 18.1 Å². The molecule has 110 valence electrons. The molecule has 1 heterocycles. The maximum absolute atomic E-state index is 14.1. The molecular weight excluding hydrogens is 281 g/mol. The van der Waals surface area contributed by atoms with Crippen molar-refractivity contribution >= 4 is 11.8 Å². The van der Waals surface area contributed by atoms with Gasteiger partial charge < -0.3 is 16.6 Å². The molecule has 0 aliphatic heterocycles. The van der Waals surface area contributed by atoms with Crippen LogP contribution in [0.2, 0.25) is 0 Å². The second kappa shape index (κ2) is 5.67. The fourth-order valence-corrected chi connectivity index (χ4v) is 1.97. The van der Waals surface area contributed by atoms with Crippen LogP contribution in [-0.2, 0) is 0 Å². The van der Waals surface area contributed by atoms with Gasteiger partial charge in [0, 0.05) is 12.2 Å². The lowest BCUT2D eigenvalue weighted by Gasteiger charge is -2.18. The molecule has 0 saturated carbocycles. The number of anilines is 2. The van der Waals surface area contributed by atoms with Crippen molar-refractivity contribution in [3.05, 3.63) is 57.2 Å². The van der Waals surface area contributed by atoms with Crippen LogP contribution in [0.5, 0.6) is 0 Å². The van der Waals surface area contributed by atoms with Crippen molar-refractivity contribution in [2.45, 2.75) is 5.92 Å². The standard InChI is InChI=1S/C12H12FN5O3/c13-9-10(16-12(15)17-11(9)14)8-5-7(18(20)21)2-1-6(8)3-4-19/h1-3,5,8,19H,4H2,(H4,14,15,16,17). The predicted molar refractivity (Wildman–Crippen MR) is 72.9 cm³/mol. The molecule has 1 atom stereocenters. The number of nitrogens with two attached hydrogens (primary N) is 2. The highest BCUT2D eigenvalue weighted by molar-refractivity contribution is 5.48.